The van der Waals surface area contributed by atoms with Crippen LogP contribution in [0.15, 0.2) is 39.2 Å². The maximum absolute atomic E-state index is 12.4. The summed E-state index contributed by atoms with van der Waals surface area (Å²) in [4.78, 5) is 51.5. The maximum atomic E-state index is 12.4. The molecule has 2 heterocycles. The summed E-state index contributed by atoms with van der Waals surface area (Å²) in [6.45, 7) is 1.33. The van der Waals surface area contributed by atoms with Crippen LogP contribution in [0.25, 0.3) is 11.0 Å². The van der Waals surface area contributed by atoms with Gasteiger partial charge in [-0.05, 0) is 24.4 Å². The van der Waals surface area contributed by atoms with E-state index in [1.54, 1.807) is 17.5 Å². The second-order valence-electron chi connectivity index (χ2n) is 5.72. The molecule has 0 saturated carbocycles. The third kappa shape index (κ3) is 3.02. The first-order valence-corrected chi connectivity index (χ1v) is 8.38. The summed E-state index contributed by atoms with van der Waals surface area (Å²) >= 11 is 1.25. The van der Waals surface area contributed by atoms with Gasteiger partial charge in [0.2, 0.25) is 0 Å². The molecule has 0 atom stereocenters. The van der Waals surface area contributed by atoms with Crippen LogP contribution >= 0.6 is 11.3 Å². The molecule has 0 aliphatic carbocycles. The van der Waals surface area contributed by atoms with E-state index in [2.05, 4.69) is 4.98 Å². The number of benzene rings is 1. The molecule has 0 aliphatic rings. The van der Waals surface area contributed by atoms with E-state index in [0.29, 0.717) is 10.4 Å². The van der Waals surface area contributed by atoms with E-state index in [1.807, 2.05) is 0 Å². The van der Waals surface area contributed by atoms with Crippen molar-refractivity contribution in [2.45, 2.75) is 13.6 Å². The second kappa shape index (κ2) is 6.56. The minimum absolute atomic E-state index is 0.176. The van der Waals surface area contributed by atoms with Crippen LogP contribution in [0, 0.1) is 17.0 Å². The zero-order chi connectivity index (χ0) is 19.0. The van der Waals surface area contributed by atoms with Crippen LogP contribution < -0.4 is 11.1 Å². The number of rotatable bonds is 4. The Morgan fingerprint density at radius 1 is 1.38 bits per heavy atom. The number of nitrogens with zero attached hydrogens (tertiary/aromatic N) is 3. The molecule has 1 amide bonds. The van der Waals surface area contributed by atoms with Gasteiger partial charge in [0.05, 0.1) is 20.8 Å². The number of nitro benzene ring substituents is 1. The predicted molar refractivity (Wildman–Crippen MR) is 96.6 cm³/mol. The number of aromatic amines is 1. The fraction of sp³-hybridized carbons (Fsp3) is 0.188. The summed E-state index contributed by atoms with van der Waals surface area (Å²) < 4.78 is 1.06. The number of nitrogens with one attached hydrogen (secondary N) is 1. The van der Waals surface area contributed by atoms with Crippen LogP contribution in [-0.4, -0.2) is 32.3 Å². The maximum Gasteiger partial charge on any atom is 0.318 e. The first-order chi connectivity index (χ1) is 12.3. The van der Waals surface area contributed by atoms with Crippen LogP contribution in [0.5, 0.6) is 0 Å². The largest absolute Gasteiger partial charge is 0.323 e. The smallest absolute Gasteiger partial charge is 0.318 e. The molecule has 9 nitrogen and oxygen atoms in total. The average molecular weight is 374 g/mol. The van der Waals surface area contributed by atoms with Gasteiger partial charge in [0.1, 0.15) is 6.67 Å². The molecule has 3 rings (SSSR count). The number of nitro groups is 1. The van der Waals surface area contributed by atoms with Gasteiger partial charge < -0.3 is 9.88 Å². The lowest BCUT2D eigenvalue weighted by Crippen LogP contribution is -2.41. The summed E-state index contributed by atoms with van der Waals surface area (Å²) in [6.07, 6.45) is 0. The molecular weight excluding hydrogens is 360 g/mol. The summed E-state index contributed by atoms with van der Waals surface area (Å²) in [5.41, 5.74) is -1.10. The van der Waals surface area contributed by atoms with Crippen molar-refractivity contribution < 1.29 is 9.72 Å². The molecule has 0 unspecified atom stereocenters. The molecule has 26 heavy (non-hydrogen) atoms. The number of amides is 1. The highest BCUT2D eigenvalue weighted by Crippen LogP contribution is 2.23. The van der Waals surface area contributed by atoms with Crippen molar-refractivity contribution in [2.75, 3.05) is 7.05 Å². The first-order valence-electron chi connectivity index (χ1n) is 7.50. The van der Waals surface area contributed by atoms with Crippen LogP contribution in [0.2, 0.25) is 0 Å². The van der Waals surface area contributed by atoms with E-state index < -0.39 is 16.0 Å². The van der Waals surface area contributed by atoms with E-state index in [0.717, 1.165) is 4.57 Å². The summed E-state index contributed by atoms with van der Waals surface area (Å²) in [5, 5.41) is 12.9. The number of hydrogen-bond donors (Lipinski definition) is 1. The number of thiophene rings is 1. The molecule has 0 saturated heterocycles. The lowest BCUT2D eigenvalue weighted by Gasteiger charge is -2.19. The van der Waals surface area contributed by atoms with Gasteiger partial charge in [0, 0.05) is 18.7 Å². The molecule has 1 N–H and O–H groups in total. The minimum Gasteiger partial charge on any atom is -0.323 e. The van der Waals surface area contributed by atoms with Crippen molar-refractivity contribution in [3.05, 3.63) is 70.9 Å². The van der Waals surface area contributed by atoms with Crippen molar-refractivity contribution in [2.24, 2.45) is 0 Å². The minimum atomic E-state index is -0.888. The number of carbonyl (C=O) groups is 1. The van der Waals surface area contributed by atoms with Crippen LogP contribution in [0.4, 0.5) is 5.69 Å². The normalized spacial score (nSPS) is 10.8. The molecule has 1 aromatic carbocycles. The van der Waals surface area contributed by atoms with Gasteiger partial charge in [-0.25, -0.2) is 0 Å². The molecule has 2 aromatic heterocycles. The number of fused-ring (bicyclic) bond motifs is 1. The van der Waals surface area contributed by atoms with Crippen LogP contribution in [0.3, 0.4) is 0 Å². The highest BCUT2D eigenvalue weighted by atomic mass is 32.1. The average Bonchev–Trinajstić information content (AvgIpc) is 3.12. The third-order valence-corrected chi connectivity index (χ3v) is 4.78. The molecule has 0 fully saturated rings. The molecule has 3 aromatic rings. The fourth-order valence-electron chi connectivity index (χ4n) is 2.62. The van der Waals surface area contributed by atoms with E-state index >= 15 is 0 Å². The van der Waals surface area contributed by atoms with E-state index in [1.165, 1.54) is 42.3 Å². The predicted octanol–water partition coefficient (Wildman–Crippen LogP) is 1.70. The summed E-state index contributed by atoms with van der Waals surface area (Å²) in [7, 11) is 1.49. The summed E-state index contributed by atoms with van der Waals surface area (Å²) in [6, 6.07) is 6.04. The molecule has 10 heteroatoms. The Labute approximate surface area is 150 Å². The first kappa shape index (κ1) is 17.5. The Morgan fingerprint density at radius 3 is 2.73 bits per heavy atom. The Morgan fingerprint density at radius 2 is 2.12 bits per heavy atom. The SMILES string of the molecule is Cc1cc2[nH]c(=O)c(=O)n(CN(C)C(=O)c3cccs3)c2cc1[N+](=O)[O-]. The lowest BCUT2D eigenvalue weighted by atomic mass is 10.1. The highest BCUT2D eigenvalue weighted by molar-refractivity contribution is 7.12. The topological polar surface area (TPSA) is 118 Å². The van der Waals surface area contributed by atoms with Gasteiger partial charge >= 0.3 is 11.1 Å². The monoisotopic (exact) mass is 374 g/mol. The highest BCUT2D eigenvalue weighted by Gasteiger charge is 2.19. The molecule has 134 valence electrons. The van der Waals surface area contributed by atoms with Crippen LogP contribution in [0.1, 0.15) is 15.2 Å². The lowest BCUT2D eigenvalue weighted by molar-refractivity contribution is -0.385. The fourth-order valence-corrected chi connectivity index (χ4v) is 3.34. The molecule has 0 aliphatic heterocycles. The number of aryl methyl sites for hydroxylation is 1. The quantitative estimate of drug-likeness (QED) is 0.423. The Balaban J connectivity index is 2.14. The Bertz CT molecular complexity index is 1130. The Hall–Kier alpha value is -3.27. The molecular formula is C16H14N4O5S. The standard InChI is InChI=1S/C16H14N4O5S/c1-9-6-10-12(7-11(9)20(24)25)19(16(23)14(21)17-10)8-18(2)15(22)13-4-3-5-26-13/h3-7H,8H2,1-2H3,(H,17,21). The van der Waals surface area contributed by atoms with Gasteiger partial charge in [-0.2, -0.15) is 0 Å². The number of aromatic nitrogens is 2. The number of carbonyl (C=O) groups excluding carboxylic acids is 1. The molecule has 0 radical (unpaired) electrons. The molecule has 0 spiro atoms. The van der Waals surface area contributed by atoms with Crippen LogP contribution in [-0.2, 0) is 6.67 Å². The van der Waals surface area contributed by atoms with E-state index in [-0.39, 0.29) is 29.3 Å². The number of H-pyrrole nitrogens is 1. The van der Waals surface area contributed by atoms with Crippen molar-refractivity contribution in [3.8, 4) is 0 Å². The van der Waals surface area contributed by atoms with Crippen molar-refractivity contribution >= 4 is 34.0 Å². The zero-order valence-corrected chi connectivity index (χ0v) is 14.7. The number of hydrogen-bond acceptors (Lipinski definition) is 6. The van der Waals surface area contributed by atoms with Gasteiger partial charge in [-0.1, -0.05) is 6.07 Å². The van der Waals surface area contributed by atoms with Crippen molar-refractivity contribution in [1.29, 1.82) is 0 Å². The molecule has 0 bridgehead atoms. The third-order valence-electron chi connectivity index (χ3n) is 3.92. The van der Waals surface area contributed by atoms with Crippen molar-refractivity contribution in [3.63, 3.8) is 0 Å². The Kier molecular flexibility index (Phi) is 4.43. The van der Waals surface area contributed by atoms with Gasteiger partial charge in [-0.15, -0.1) is 11.3 Å². The van der Waals surface area contributed by atoms with Gasteiger partial charge in [0.15, 0.2) is 0 Å². The van der Waals surface area contributed by atoms with E-state index in [4.69, 9.17) is 0 Å². The van der Waals surface area contributed by atoms with Crippen molar-refractivity contribution in [1.82, 2.24) is 14.5 Å². The summed E-state index contributed by atoms with van der Waals surface area (Å²) in [5.74, 6) is -0.318. The zero-order valence-electron chi connectivity index (χ0n) is 13.9. The van der Waals surface area contributed by atoms with E-state index in [9.17, 15) is 24.5 Å². The van der Waals surface area contributed by atoms with Gasteiger partial charge in [-0.3, -0.25) is 29.1 Å². The van der Waals surface area contributed by atoms with Gasteiger partial charge in [0.25, 0.3) is 11.6 Å². The second-order valence-corrected chi connectivity index (χ2v) is 6.67.